The van der Waals surface area contributed by atoms with Gasteiger partial charge in [0.25, 0.3) is 0 Å². The molecule has 21 heavy (non-hydrogen) atoms. The van der Waals surface area contributed by atoms with Gasteiger partial charge in [0.15, 0.2) is 0 Å². The Morgan fingerprint density at radius 3 is 2.48 bits per heavy atom. The van der Waals surface area contributed by atoms with E-state index in [4.69, 9.17) is 0 Å². The van der Waals surface area contributed by atoms with Crippen molar-refractivity contribution in [1.82, 2.24) is 25.3 Å². The Morgan fingerprint density at radius 1 is 1.19 bits per heavy atom. The minimum atomic E-state index is 0.129. The third-order valence-electron chi connectivity index (χ3n) is 4.30. The zero-order valence-electron chi connectivity index (χ0n) is 14.1. The van der Waals surface area contributed by atoms with Crippen molar-refractivity contribution in [3.8, 4) is 0 Å². The molecule has 1 saturated heterocycles. The van der Waals surface area contributed by atoms with E-state index in [1.807, 2.05) is 6.20 Å². The van der Waals surface area contributed by atoms with Gasteiger partial charge in [0.1, 0.15) is 0 Å². The molecule has 1 aromatic rings. The van der Waals surface area contributed by atoms with E-state index in [1.54, 1.807) is 0 Å². The Labute approximate surface area is 129 Å². The van der Waals surface area contributed by atoms with Crippen LogP contribution in [0.25, 0.3) is 0 Å². The Balaban J connectivity index is 1.68. The fourth-order valence-electron chi connectivity index (χ4n) is 2.88. The molecule has 120 valence electrons. The first-order chi connectivity index (χ1) is 10.0. The summed E-state index contributed by atoms with van der Waals surface area (Å²) in [6, 6.07) is 0. The van der Waals surface area contributed by atoms with Gasteiger partial charge in [-0.1, -0.05) is 27.7 Å². The Bertz CT molecular complexity index is 413. The maximum Gasteiger partial charge on any atom is 0.0535 e. The highest BCUT2D eigenvalue weighted by Crippen LogP contribution is 2.23. The zero-order valence-corrected chi connectivity index (χ0v) is 14.1. The highest BCUT2D eigenvalue weighted by atomic mass is 15.3. The Hall–Kier alpha value is -0.910. The number of piperazine rings is 1. The van der Waals surface area contributed by atoms with Crippen molar-refractivity contribution in [2.45, 2.75) is 39.7 Å². The lowest BCUT2D eigenvalue weighted by Gasteiger charge is -2.34. The first-order valence-corrected chi connectivity index (χ1v) is 8.19. The van der Waals surface area contributed by atoms with E-state index in [9.17, 15) is 0 Å². The second kappa shape index (κ2) is 7.38. The number of rotatable bonds is 6. The summed E-state index contributed by atoms with van der Waals surface area (Å²) in [5.41, 5.74) is 2.66. The van der Waals surface area contributed by atoms with Crippen LogP contribution in [0.15, 0.2) is 6.20 Å². The molecule has 1 aromatic heterocycles. The smallest absolute Gasteiger partial charge is 0.0535 e. The van der Waals surface area contributed by atoms with Crippen LogP contribution in [0.4, 0.5) is 0 Å². The minimum Gasteiger partial charge on any atom is -0.311 e. The third kappa shape index (κ3) is 4.80. The summed E-state index contributed by atoms with van der Waals surface area (Å²) in [6.45, 7) is 18.0. The summed E-state index contributed by atoms with van der Waals surface area (Å²) < 4.78 is 0. The number of aromatic nitrogens is 2. The van der Waals surface area contributed by atoms with Gasteiger partial charge in [-0.3, -0.25) is 10.00 Å². The van der Waals surface area contributed by atoms with Crippen molar-refractivity contribution in [2.75, 3.05) is 45.8 Å². The van der Waals surface area contributed by atoms with E-state index in [2.05, 4.69) is 53.0 Å². The molecule has 0 saturated carbocycles. The summed E-state index contributed by atoms with van der Waals surface area (Å²) in [5, 5.41) is 10.9. The molecule has 0 radical (unpaired) electrons. The molecule has 0 bridgehead atoms. The van der Waals surface area contributed by atoms with Gasteiger partial charge >= 0.3 is 0 Å². The highest BCUT2D eigenvalue weighted by Gasteiger charge is 2.19. The lowest BCUT2D eigenvalue weighted by molar-refractivity contribution is 0.138. The molecule has 1 fully saturated rings. The van der Waals surface area contributed by atoms with E-state index in [-0.39, 0.29) is 5.41 Å². The van der Waals surface area contributed by atoms with Crippen molar-refractivity contribution in [3.63, 3.8) is 0 Å². The quantitative estimate of drug-likeness (QED) is 0.779. The molecule has 0 atom stereocenters. The molecule has 1 aliphatic rings. The fraction of sp³-hybridized carbons (Fsp3) is 0.812. The van der Waals surface area contributed by atoms with Gasteiger partial charge in [0, 0.05) is 62.5 Å². The number of likely N-dealkylation sites (N-methyl/N-ethyl adjacent to an activating group) is 1. The molecule has 0 aromatic carbocycles. The first kappa shape index (κ1) is 16.5. The molecule has 0 unspecified atom stereocenters. The summed E-state index contributed by atoms with van der Waals surface area (Å²) in [4.78, 5) is 5.07. The van der Waals surface area contributed by atoms with Gasteiger partial charge in [-0.2, -0.15) is 5.10 Å². The van der Waals surface area contributed by atoms with Gasteiger partial charge in [-0.05, 0) is 6.54 Å². The van der Waals surface area contributed by atoms with Crippen molar-refractivity contribution < 1.29 is 0 Å². The molecule has 5 heteroatoms. The average Bonchev–Trinajstić information content (AvgIpc) is 2.93. The van der Waals surface area contributed by atoms with Crippen molar-refractivity contribution in [3.05, 3.63) is 17.5 Å². The van der Waals surface area contributed by atoms with Gasteiger partial charge in [-0.15, -0.1) is 0 Å². The summed E-state index contributed by atoms with van der Waals surface area (Å²) >= 11 is 0. The Kier molecular flexibility index (Phi) is 5.79. The van der Waals surface area contributed by atoms with Crippen LogP contribution < -0.4 is 5.32 Å². The van der Waals surface area contributed by atoms with Crippen LogP contribution in [0.3, 0.4) is 0 Å². The monoisotopic (exact) mass is 293 g/mol. The van der Waals surface area contributed by atoms with Crippen molar-refractivity contribution >= 4 is 0 Å². The molecular weight excluding hydrogens is 262 g/mol. The van der Waals surface area contributed by atoms with E-state index in [0.717, 1.165) is 19.6 Å². The molecule has 0 spiro atoms. The molecule has 0 amide bonds. The zero-order chi connectivity index (χ0) is 15.3. The van der Waals surface area contributed by atoms with Gasteiger partial charge in [0.2, 0.25) is 0 Å². The van der Waals surface area contributed by atoms with Crippen LogP contribution in [0.2, 0.25) is 0 Å². The van der Waals surface area contributed by atoms with E-state index >= 15 is 0 Å². The number of H-pyrrole nitrogens is 1. The maximum absolute atomic E-state index is 4.19. The van der Waals surface area contributed by atoms with Crippen LogP contribution in [-0.4, -0.2) is 65.8 Å². The first-order valence-electron chi connectivity index (χ1n) is 8.19. The SMILES string of the molecule is CCN1CCN(CCNCc2cn[nH]c2C(C)(C)C)CC1. The lowest BCUT2D eigenvalue weighted by Crippen LogP contribution is -2.47. The topological polar surface area (TPSA) is 47.2 Å². The minimum absolute atomic E-state index is 0.129. The summed E-state index contributed by atoms with van der Waals surface area (Å²) in [7, 11) is 0. The molecule has 5 nitrogen and oxygen atoms in total. The normalized spacial score (nSPS) is 18.3. The predicted molar refractivity (Wildman–Crippen MR) is 87.5 cm³/mol. The average molecular weight is 293 g/mol. The number of hydrogen-bond donors (Lipinski definition) is 2. The van der Waals surface area contributed by atoms with Crippen LogP contribution >= 0.6 is 0 Å². The van der Waals surface area contributed by atoms with Crippen molar-refractivity contribution in [1.29, 1.82) is 0 Å². The van der Waals surface area contributed by atoms with E-state index < -0.39 is 0 Å². The lowest BCUT2D eigenvalue weighted by atomic mass is 9.89. The van der Waals surface area contributed by atoms with Gasteiger partial charge < -0.3 is 10.2 Å². The largest absolute Gasteiger partial charge is 0.311 e. The molecular formula is C16H31N5. The number of nitrogens with zero attached hydrogens (tertiary/aromatic N) is 3. The predicted octanol–water partition coefficient (Wildman–Crippen LogP) is 1.43. The number of hydrogen-bond acceptors (Lipinski definition) is 4. The van der Waals surface area contributed by atoms with Crippen LogP contribution in [0.1, 0.15) is 39.0 Å². The molecule has 0 aliphatic carbocycles. The molecule has 2 N–H and O–H groups in total. The second-order valence-electron chi connectivity index (χ2n) is 6.97. The second-order valence-corrected chi connectivity index (χ2v) is 6.97. The highest BCUT2D eigenvalue weighted by molar-refractivity contribution is 5.23. The van der Waals surface area contributed by atoms with Crippen LogP contribution in [-0.2, 0) is 12.0 Å². The maximum atomic E-state index is 4.19. The van der Waals surface area contributed by atoms with Gasteiger partial charge in [0.05, 0.1) is 6.20 Å². The molecule has 2 heterocycles. The van der Waals surface area contributed by atoms with Crippen molar-refractivity contribution in [2.24, 2.45) is 0 Å². The van der Waals surface area contributed by atoms with Crippen LogP contribution in [0, 0.1) is 0 Å². The standard InChI is InChI=1S/C16H31N5/c1-5-20-8-10-21(11-9-20)7-6-17-12-14-13-18-19-15(14)16(2,3)4/h13,17H,5-12H2,1-4H3,(H,18,19). The van der Waals surface area contributed by atoms with E-state index in [0.29, 0.717) is 0 Å². The van der Waals surface area contributed by atoms with E-state index in [1.165, 1.54) is 44.0 Å². The number of nitrogens with one attached hydrogen (secondary N) is 2. The fourth-order valence-corrected chi connectivity index (χ4v) is 2.88. The number of aromatic amines is 1. The third-order valence-corrected chi connectivity index (χ3v) is 4.30. The molecule has 2 rings (SSSR count). The summed E-state index contributed by atoms with van der Waals surface area (Å²) in [6.07, 6.45) is 1.95. The van der Waals surface area contributed by atoms with Crippen LogP contribution in [0.5, 0.6) is 0 Å². The summed E-state index contributed by atoms with van der Waals surface area (Å²) in [5.74, 6) is 0. The van der Waals surface area contributed by atoms with Gasteiger partial charge in [-0.25, -0.2) is 0 Å². The molecule has 1 aliphatic heterocycles. The Morgan fingerprint density at radius 2 is 1.86 bits per heavy atom.